The van der Waals surface area contributed by atoms with Crippen molar-refractivity contribution in [2.24, 2.45) is 5.92 Å². The highest BCUT2D eigenvalue weighted by molar-refractivity contribution is 7.89. The summed E-state index contributed by atoms with van der Waals surface area (Å²) < 4.78 is 72.3. The molecule has 224 valence electrons. The standard InChI is InChI=1S/C28H30F3N5O5S/c1-17-24(35-27(41-17)18-9-11-19(12-10-18)28(29,30)31)26(38)34-23-16-36(42(39,40)21-7-3-2-4-8-21)15-22(23)25(37)33-20-6-5-13-32-14-20/h2-4,7-12,20,22-23,32H,5-6,13-16H2,1H3,(H,33,37)(H,34,38)/t20-,22-,23-/m0/s1. The zero-order valence-electron chi connectivity index (χ0n) is 22.6. The van der Waals surface area contributed by atoms with Gasteiger partial charge in [0.05, 0.1) is 22.4 Å². The summed E-state index contributed by atoms with van der Waals surface area (Å²) in [5, 5.41) is 8.96. The maximum absolute atomic E-state index is 13.4. The summed E-state index contributed by atoms with van der Waals surface area (Å²) in [4.78, 5) is 31.0. The number of sulfonamides is 1. The van der Waals surface area contributed by atoms with Crippen LogP contribution in [-0.4, -0.2) is 67.8 Å². The van der Waals surface area contributed by atoms with Crippen LogP contribution in [0, 0.1) is 12.8 Å². The monoisotopic (exact) mass is 605 g/mol. The van der Waals surface area contributed by atoms with Gasteiger partial charge >= 0.3 is 6.18 Å². The highest BCUT2D eigenvalue weighted by Gasteiger charge is 2.44. The second kappa shape index (κ2) is 11.9. The van der Waals surface area contributed by atoms with Gasteiger partial charge in [-0.05, 0) is 62.7 Å². The molecule has 3 atom stereocenters. The average molecular weight is 606 g/mol. The number of aryl methyl sites for hydroxylation is 1. The molecular weight excluding hydrogens is 575 g/mol. The van der Waals surface area contributed by atoms with E-state index in [0.29, 0.717) is 6.54 Å². The van der Waals surface area contributed by atoms with E-state index in [1.807, 2.05) is 0 Å². The van der Waals surface area contributed by atoms with Gasteiger partial charge in [-0.3, -0.25) is 9.59 Å². The molecule has 0 aliphatic carbocycles. The smallest absolute Gasteiger partial charge is 0.416 e. The average Bonchev–Trinajstić information content (AvgIpc) is 3.58. The number of carbonyl (C=O) groups is 2. The molecule has 2 saturated heterocycles. The number of nitrogens with zero attached hydrogens (tertiary/aromatic N) is 2. The number of hydrogen-bond donors (Lipinski definition) is 3. The third-order valence-corrected chi connectivity index (χ3v) is 9.28. The molecule has 0 saturated carbocycles. The van der Waals surface area contributed by atoms with Crippen LogP contribution in [0.3, 0.4) is 0 Å². The van der Waals surface area contributed by atoms with Gasteiger partial charge in [-0.2, -0.15) is 17.5 Å². The summed E-state index contributed by atoms with van der Waals surface area (Å²) in [6.07, 6.45) is -2.84. The third kappa shape index (κ3) is 6.35. The number of benzene rings is 2. The molecule has 0 spiro atoms. The largest absolute Gasteiger partial charge is 0.441 e. The molecule has 2 fully saturated rings. The fraction of sp³-hybridized carbons (Fsp3) is 0.393. The molecule has 0 bridgehead atoms. The van der Waals surface area contributed by atoms with Crippen molar-refractivity contribution in [3.8, 4) is 11.5 Å². The highest BCUT2D eigenvalue weighted by atomic mass is 32.2. The fourth-order valence-electron chi connectivity index (χ4n) is 5.17. The molecular formula is C28H30F3N5O5S. The van der Waals surface area contributed by atoms with Crippen molar-refractivity contribution in [3.63, 3.8) is 0 Å². The molecule has 5 rings (SSSR count). The summed E-state index contributed by atoms with van der Waals surface area (Å²) >= 11 is 0. The molecule has 2 aromatic carbocycles. The van der Waals surface area contributed by atoms with Crippen LogP contribution in [0.15, 0.2) is 63.9 Å². The lowest BCUT2D eigenvalue weighted by atomic mass is 10.0. The molecule has 0 unspecified atom stereocenters. The molecule has 0 radical (unpaired) electrons. The Hall–Kier alpha value is -3.75. The molecule has 2 amide bonds. The van der Waals surface area contributed by atoms with E-state index in [4.69, 9.17) is 4.42 Å². The Morgan fingerprint density at radius 2 is 1.76 bits per heavy atom. The molecule has 3 aromatic rings. The minimum absolute atomic E-state index is 0.0508. The van der Waals surface area contributed by atoms with Crippen molar-refractivity contribution in [1.82, 2.24) is 25.2 Å². The van der Waals surface area contributed by atoms with Gasteiger partial charge in [-0.1, -0.05) is 18.2 Å². The molecule has 3 heterocycles. The summed E-state index contributed by atoms with van der Waals surface area (Å²) in [7, 11) is -3.95. The van der Waals surface area contributed by atoms with Gasteiger partial charge in [0.1, 0.15) is 5.76 Å². The Morgan fingerprint density at radius 3 is 2.40 bits per heavy atom. The SMILES string of the molecule is Cc1oc(-c2ccc(C(F)(F)F)cc2)nc1C(=O)N[C@H]1CN(S(=O)(=O)c2ccccc2)C[C@@H]1C(=O)N[C@H]1CCCNC1. The molecule has 2 aliphatic heterocycles. The van der Waals surface area contributed by atoms with Gasteiger partial charge in [0.25, 0.3) is 5.91 Å². The Balaban J connectivity index is 1.36. The Kier molecular flexibility index (Phi) is 8.39. The maximum atomic E-state index is 13.4. The number of hydrogen-bond acceptors (Lipinski definition) is 7. The predicted octanol–water partition coefficient (Wildman–Crippen LogP) is 2.96. The van der Waals surface area contributed by atoms with E-state index in [-0.39, 0.29) is 52.8 Å². The van der Waals surface area contributed by atoms with Crippen molar-refractivity contribution < 1.29 is 35.6 Å². The number of carbonyl (C=O) groups excluding carboxylic acids is 2. The van der Waals surface area contributed by atoms with Crippen LogP contribution in [-0.2, 0) is 21.0 Å². The summed E-state index contributed by atoms with van der Waals surface area (Å²) in [5.74, 6) is -1.89. The maximum Gasteiger partial charge on any atom is 0.416 e. The minimum atomic E-state index is -4.50. The van der Waals surface area contributed by atoms with E-state index < -0.39 is 39.6 Å². The summed E-state index contributed by atoms with van der Waals surface area (Å²) in [6.45, 7) is 2.64. The van der Waals surface area contributed by atoms with E-state index in [0.717, 1.165) is 31.5 Å². The van der Waals surface area contributed by atoms with Crippen molar-refractivity contribution in [1.29, 1.82) is 0 Å². The van der Waals surface area contributed by atoms with Crippen molar-refractivity contribution in [3.05, 3.63) is 71.6 Å². The Bertz CT molecular complexity index is 1540. The van der Waals surface area contributed by atoms with E-state index in [2.05, 4.69) is 20.9 Å². The van der Waals surface area contributed by atoms with E-state index in [1.165, 1.54) is 35.5 Å². The molecule has 2 aliphatic rings. The number of halogens is 3. The minimum Gasteiger partial charge on any atom is -0.441 e. The molecule has 10 nitrogen and oxygen atoms in total. The highest BCUT2D eigenvalue weighted by Crippen LogP contribution is 2.31. The molecule has 1 aromatic heterocycles. The predicted molar refractivity (Wildman–Crippen MR) is 146 cm³/mol. The topological polar surface area (TPSA) is 134 Å². The van der Waals surface area contributed by atoms with Crippen LogP contribution in [0.25, 0.3) is 11.5 Å². The second-order valence-electron chi connectivity index (χ2n) is 10.4. The number of nitrogens with one attached hydrogen (secondary N) is 3. The van der Waals surface area contributed by atoms with Crippen molar-refractivity contribution >= 4 is 21.8 Å². The number of piperidine rings is 1. The van der Waals surface area contributed by atoms with E-state index in [9.17, 15) is 31.2 Å². The number of aromatic nitrogens is 1. The lowest BCUT2D eigenvalue weighted by Gasteiger charge is -2.26. The molecule has 3 N–H and O–H groups in total. The van der Waals surface area contributed by atoms with Crippen molar-refractivity contribution in [2.45, 2.75) is 42.9 Å². The van der Waals surface area contributed by atoms with Gasteiger partial charge in [-0.15, -0.1) is 0 Å². The molecule has 42 heavy (non-hydrogen) atoms. The van der Waals surface area contributed by atoms with Gasteiger partial charge < -0.3 is 20.4 Å². The van der Waals surface area contributed by atoms with Gasteiger partial charge in [0.2, 0.25) is 21.8 Å². The van der Waals surface area contributed by atoms with Crippen LogP contribution < -0.4 is 16.0 Å². The van der Waals surface area contributed by atoms with E-state index >= 15 is 0 Å². The van der Waals surface area contributed by atoms with Crippen LogP contribution in [0.5, 0.6) is 0 Å². The van der Waals surface area contributed by atoms with Crippen molar-refractivity contribution in [2.75, 3.05) is 26.2 Å². The normalized spacial score (nSPS) is 21.7. The number of oxazole rings is 1. The zero-order valence-corrected chi connectivity index (χ0v) is 23.5. The third-order valence-electron chi connectivity index (χ3n) is 7.43. The van der Waals surface area contributed by atoms with E-state index in [1.54, 1.807) is 18.2 Å². The first-order valence-electron chi connectivity index (χ1n) is 13.5. The number of amides is 2. The summed E-state index contributed by atoms with van der Waals surface area (Å²) in [5.41, 5.74) is -0.716. The lowest BCUT2D eigenvalue weighted by Crippen LogP contribution is -2.51. The second-order valence-corrected chi connectivity index (χ2v) is 12.3. The van der Waals surface area contributed by atoms with Gasteiger partial charge in [-0.25, -0.2) is 13.4 Å². The lowest BCUT2D eigenvalue weighted by molar-refractivity contribution is -0.137. The Labute approximate surface area is 240 Å². The Morgan fingerprint density at radius 1 is 1.05 bits per heavy atom. The number of alkyl halides is 3. The van der Waals surface area contributed by atoms with Crippen LogP contribution in [0.4, 0.5) is 13.2 Å². The number of rotatable bonds is 7. The zero-order chi connectivity index (χ0) is 30.1. The quantitative estimate of drug-likeness (QED) is 0.377. The first-order chi connectivity index (χ1) is 19.9. The fourth-order valence-corrected chi connectivity index (χ4v) is 6.68. The van der Waals surface area contributed by atoms with Crippen LogP contribution in [0.2, 0.25) is 0 Å². The summed E-state index contributed by atoms with van der Waals surface area (Å²) in [6, 6.07) is 11.0. The first-order valence-corrected chi connectivity index (χ1v) is 14.9. The van der Waals surface area contributed by atoms with Crippen LogP contribution >= 0.6 is 0 Å². The van der Waals surface area contributed by atoms with Crippen LogP contribution in [0.1, 0.15) is 34.7 Å². The molecule has 14 heteroatoms. The van der Waals surface area contributed by atoms with Gasteiger partial charge in [0.15, 0.2) is 5.69 Å². The first kappa shape index (κ1) is 29.7. The van der Waals surface area contributed by atoms with Gasteiger partial charge in [0, 0.05) is 31.2 Å².